The number of fused-ring (bicyclic) bond motifs is 2. The fourth-order valence-electron chi connectivity index (χ4n) is 2.59. The number of carbonyl (C=O) groups excluding carboxylic acids is 1. The van der Waals surface area contributed by atoms with Crippen molar-refractivity contribution in [3.8, 4) is 0 Å². The molecule has 0 spiro atoms. The van der Waals surface area contributed by atoms with Crippen LogP contribution in [-0.2, 0) is 6.54 Å². The van der Waals surface area contributed by atoms with Gasteiger partial charge in [-0.2, -0.15) is 0 Å². The number of aromatic amines is 1. The van der Waals surface area contributed by atoms with Crippen molar-refractivity contribution in [2.45, 2.75) is 13.5 Å². The van der Waals surface area contributed by atoms with Crippen LogP contribution in [0.25, 0.3) is 15.9 Å². The maximum Gasteiger partial charge on any atom is 0.285 e. The fourth-order valence-corrected chi connectivity index (χ4v) is 3.40. The Morgan fingerprint density at radius 2 is 2.25 bits per heavy atom. The molecule has 4 aromatic rings. The van der Waals surface area contributed by atoms with Crippen molar-refractivity contribution in [2.24, 2.45) is 0 Å². The number of aryl methyl sites for hydroxylation is 1. The molecular weight excluding hydrogens is 326 g/mol. The second-order valence-electron chi connectivity index (χ2n) is 5.41. The van der Waals surface area contributed by atoms with Crippen molar-refractivity contribution in [2.75, 3.05) is 0 Å². The summed E-state index contributed by atoms with van der Waals surface area (Å²) in [5.41, 5.74) is 4.52. The summed E-state index contributed by atoms with van der Waals surface area (Å²) in [5.74, 6) is -0.448. The van der Waals surface area contributed by atoms with Gasteiger partial charge in [0, 0.05) is 24.5 Å². The summed E-state index contributed by atoms with van der Waals surface area (Å²) in [6.45, 7) is 2.15. The van der Waals surface area contributed by atoms with Gasteiger partial charge in [-0.15, -0.1) is 11.3 Å². The molecule has 2 N–H and O–H groups in total. The molecule has 7 nitrogen and oxygen atoms in total. The SMILES string of the molecule is Cc1cc2ncc(C(=O)NCc3cccc4ncsc34)c(=O)n2[nH]1. The van der Waals surface area contributed by atoms with Gasteiger partial charge in [-0.3, -0.25) is 14.7 Å². The molecule has 0 radical (unpaired) electrons. The van der Waals surface area contributed by atoms with Crippen molar-refractivity contribution in [3.05, 3.63) is 63.1 Å². The molecule has 24 heavy (non-hydrogen) atoms. The Kier molecular flexibility index (Phi) is 3.39. The summed E-state index contributed by atoms with van der Waals surface area (Å²) in [6.07, 6.45) is 1.31. The van der Waals surface area contributed by atoms with Gasteiger partial charge < -0.3 is 5.32 Å². The predicted octanol–water partition coefficient (Wildman–Crippen LogP) is 1.87. The molecule has 0 bridgehead atoms. The largest absolute Gasteiger partial charge is 0.348 e. The Hall–Kier alpha value is -3.00. The molecule has 0 aliphatic heterocycles. The van der Waals surface area contributed by atoms with E-state index in [0.29, 0.717) is 12.2 Å². The highest BCUT2D eigenvalue weighted by atomic mass is 32.1. The highest BCUT2D eigenvalue weighted by Gasteiger charge is 2.14. The van der Waals surface area contributed by atoms with E-state index in [0.717, 1.165) is 21.5 Å². The van der Waals surface area contributed by atoms with Gasteiger partial charge in [-0.1, -0.05) is 12.1 Å². The first-order chi connectivity index (χ1) is 11.6. The lowest BCUT2D eigenvalue weighted by Gasteiger charge is -2.06. The highest BCUT2D eigenvalue weighted by molar-refractivity contribution is 7.16. The lowest BCUT2D eigenvalue weighted by Crippen LogP contribution is -2.31. The van der Waals surface area contributed by atoms with Crippen molar-refractivity contribution in [1.82, 2.24) is 24.9 Å². The van der Waals surface area contributed by atoms with Gasteiger partial charge in [0.25, 0.3) is 11.5 Å². The molecule has 4 rings (SSSR count). The Balaban J connectivity index is 1.61. The number of hydrogen-bond donors (Lipinski definition) is 2. The number of nitrogens with one attached hydrogen (secondary N) is 2. The lowest BCUT2D eigenvalue weighted by atomic mass is 10.2. The molecule has 8 heteroatoms. The van der Waals surface area contributed by atoms with Crippen LogP contribution in [0.5, 0.6) is 0 Å². The molecule has 0 aliphatic rings. The first-order valence-electron chi connectivity index (χ1n) is 7.30. The van der Waals surface area contributed by atoms with Crippen molar-refractivity contribution >= 4 is 33.1 Å². The second-order valence-corrected chi connectivity index (χ2v) is 6.26. The van der Waals surface area contributed by atoms with Crippen LogP contribution in [-0.4, -0.2) is 25.5 Å². The maximum absolute atomic E-state index is 12.4. The van der Waals surface area contributed by atoms with Gasteiger partial charge in [0.15, 0.2) is 5.65 Å². The van der Waals surface area contributed by atoms with Crippen LogP contribution in [0.4, 0.5) is 0 Å². The minimum Gasteiger partial charge on any atom is -0.348 e. The monoisotopic (exact) mass is 339 g/mol. The van der Waals surface area contributed by atoms with E-state index >= 15 is 0 Å². The standard InChI is InChI=1S/C16H13N5O2S/c1-9-5-13-17-7-11(16(23)21(13)20-9)15(22)18-6-10-3-2-4-12-14(10)24-8-19-12/h2-5,7-8,20H,6H2,1H3,(H,18,22). The van der Waals surface area contributed by atoms with Gasteiger partial charge in [0.1, 0.15) is 5.56 Å². The van der Waals surface area contributed by atoms with Crippen LogP contribution in [0.15, 0.2) is 40.8 Å². The van der Waals surface area contributed by atoms with E-state index in [-0.39, 0.29) is 5.56 Å². The van der Waals surface area contributed by atoms with Crippen molar-refractivity contribution in [3.63, 3.8) is 0 Å². The van der Waals surface area contributed by atoms with Crippen LogP contribution < -0.4 is 10.9 Å². The Bertz CT molecular complexity index is 1120. The lowest BCUT2D eigenvalue weighted by molar-refractivity contribution is 0.0949. The summed E-state index contributed by atoms with van der Waals surface area (Å²) in [7, 11) is 0. The van der Waals surface area contributed by atoms with Crippen LogP contribution in [0.3, 0.4) is 0 Å². The first kappa shape index (κ1) is 14.6. The number of H-pyrrole nitrogens is 1. The van der Waals surface area contributed by atoms with E-state index < -0.39 is 11.5 Å². The fraction of sp³-hybridized carbons (Fsp3) is 0.125. The smallest absolute Gasteiger partial charge is 0.285 e. The zero-order valence-electron chi connectivity index (χ0n) is 12.7. The van der Waals surface area contributed by atoms with Gasteiger partial charge >= 0.3 is 0 Å². The third-order valence-corrected chi connectivity index (χ3v) is 4.66. The summed E-state index contributed by atoms with van der Waals surface area (Å²) < 4.78 is 2.30. The molecule has 3 heterocycles. The molecule has 1 amide bonds. The van der Waals surface area contributed by atoms with E-state index in [4.69, 9.17) is 0 Å². The zero-order chi connectivity index (χ0) is 16.7. The molecule has 1 aromatic carbocycles. The van der Waals surface area contributed by atoms with Crippen LogP contribution in [0, 0.1) is 6.92 Å². The third kappa shape index (κ3) is 2.37. The average molecular weight is 339 g/mol. The Morgan fingerprint density at radius 3 is 3.12 bits per heavy atom. The quantitative estimate of drug-likeness (QED) is 0.596. The minimum absolute atomic E-state index is 0.00540. The van der Waals surface area contributed by atoms with Crippen LogP contribution in [0.1, 0.15) is 21.6 Å². The number of rotatable bonds is 3. The number of thiazole rings is 1. The Labute approximate surface area is 140 Å². The van der Waals surface area contributed by atoms with E-state index in [9.17, 15) is 9.59 Å². The first-order valence-corrected chi connectivity index (χ1v) is 8.18. The summed E-state index contributed by atoms with van der Waals surface area (Å²) in [4.78, 5) is 33.2. The summed E-state index contributed by atoms with van der Waals surface area (Å²) >= 11 is 1.52. The van der Waals surface area contributed by atoms with Gasteiger partial charge in [0.05, 0.1) is 15.7 Å². The molecule has 0 saturated carbocycles. The molecular formula is C16H13N5O2S. The second kappa shape index (κ2) is 5.57. The predicted molar refractivity (Wildman–Crippen MR) is 91.3 cm³/mol. The van der Waals surface area contributed by atoms with Crippen LogP contribution >= 0.6 is 11.3 Å². The number of hydrogen-bond acceptors (Lipinski definition) is 5. The number of aromatic nitrogens is 4. The Morgan fingerprint density at radius 1 is 1.38 bits per heavy atom. The maximum atomic E-state index is 12.4. The summed E-state index contributed by atoms with van der Waals surface area (Å²) in [5, 5.41) is 5.65. The number of nitrogens with zero attached hydrogens (tertiary/aromatic N) is 3. The third-order valence-electron chi connectivity index (χ3n) is 3.74. The molecule has 0 atom stereocenters. The molecule has 0 aliphatic carbocycles. The molecule has 3 aromatic heterocycles. The molecule has 0 fully saturated rings. The summed E-state index contributed by atoms with van der Waals surface area (Å²) in [6, 6.07) is 7.50. The van der Waals surface area contributed by atoms with E-state index in [1.807, 2.05) is 25.1 Å². The topological polar surface area (TPSA) is 92.2 Å². The van der Waals surface area contributed by atoms with Gasteiger partial charge in [0.2, 0.25) is 0 Å². The van der Waals surface area contributed by atoms with E-state index in [1.165, 1.54) is 22.0 Å². The zero-order valence-corrected chi connectivity index (χ0v) is 13.6. The van der Waals surface area contributed by atoms with Gasteiger partial charge in [-0.05, 0) is 18.6 Å². The van der Waals surface area contributed by atoms with E-state index in [1.54, 1.807) is 11.6 Å². The van der Waals surface area contributed by atoms with Gasteiger partial charge in [-0.25, -0.2) is 14.5 Å². The highest BCUT2D eigenvalue weighted by Crippen LogP contribution is 2.21. The normalized spacial score (nSPS) is 11.2. The number of amides is 1. The van der Waals surface area contributed by atoms with Crippen molar-refractivity contribution in [1.29, 1.82) is 0 Å². The molecule has 120 valence electrons. The minimum atomic E-state index is -0.448. The average Bonchev–Trinajstić information content (AvgIpc) is 3.19. The number of carbonyl (C=O) groups is 1. The van der Waals surface area contributed by atoms with E-state index in [2.05, 4.69) is 20.4 Å². The van der Waals surface area contributed by atoms with Crippen LogP contribution in [0.2, 0.25) is 0 Å². The molecule has 0 saturated heterocycles. The molecule has 0 unspecified atom stereocenters. The number of benzene rings is 1. The van der Waals surface area contributed by atoms with Crippen molar-refractivity contribution < 1.29 is 4.79 Å².